The van der Waals surface area contributed by atoms with Gasteiger partial charge in [-0.25, -0.2) is 13.9 Å². The molecule has 0 unspecified atom stereocenters. The van der Waals surface area contributed by atoms with Crippen LogP contribution in [0, 0.1) is 12.7 Å². The van der Waals surface area contributed by atoms with Crippen LogP contribution in [0.4, 0.5) is 20.7 Å². The van der Waals surface area contributed by atoms with Crippen molar-refractivity contribution in [2.45, 2.75) is 33.1 Å². The number of methoxy groups -OCH3 is 1. The number of aromatic nitrogens is 2. The van der Waals surface area contributed by atoms with Gasteiger partial charge >= 0.3 is 6.03 Å². The van der Waals surface area contributed by atoms with Crippen molar-refractivity contribution >= 4 is 23.4 Å². The number of carbonyl (C=O) groups excluding carboxylic acids is 2. The van der Waals surface area contributed by atoms with E-state index < -0.39 is 17.8 Å². The second-order valence-corrected chi connectivity index (χ2v) is 9.24. The summed E-state index contributed by atoms with van der Waals surface area (Å²) >= 11 is 0. The molecule has 0 radical (unpaired) electrons. The third kappa shape index (κ3) is 6.66. The number of nitrogens with one attached hydrogen (secondary N) is 2. The van der Waals surface area contributed by atoms with Crippen LogP contribution in [-0.2, 0) is 14.9 Å². The maximum Gasteiger partial charge on any atom is 0.322 e. The first kappa shape index (κ1) is 25.9. The molecule has 0 aliphatic carbocycles. The lowest BCUT2D eigenvalue weighted by Crippen LogP contribution is -2.42. The average Bonchev–Trinajstić information content (AvgIpc) is 3.22. The summed E-state index contributed by atoms with van der Waals surface area (Å²) in [5, 5.41) is 10.1. The fourth-order valence-electron chi connectivity index (χ4n) is 3.39. The van der Waals surface area contributed by atoms with Crippen molar-refractivity contribution in [2.75, 3.05) is 37.4 Å². The summed E-state index contributed by atoms with van der Waals surface area (Å²) in [6.07, 6.45) is 0. The minimum absolute atomic E-state index is 0.0350. The van der Waals surface area contributed by atoms with Crippen LogP contribution in [0.2, 0.25) is 0 Å². The van der Waals surface area contributed by atoms with Crippen molar-refractivity contribution in [3.05, 3.63) is 71.7 Å². The van der Waals surface area contributed by atoms with E-state index in [9.17, 15) is 14.0 Å². The predicted octanol–water partition coefficient (Wildman–Crippen LogP) is 4.74. The van der Waals surface area contributed by atoms with Crippen molar-refractivity contribution < 1.29 is 18.7 Å². The molecule has 2 N–H and O–H groups in total. The second-order valence-electron chi connectivity index (χ2n) is 9.24. The molecule has 1 heterocycles. The summed E-state index contributed by atoms with van der Waals surface area (Å²) in [6, 6.07) is 14.8. The van der Waals surface area contributed by atoms with Crippen LogP contribution in [0.5, 0.6) is 0 Å². The Morgan fingerprint density at radius 2 is 1.77 bits per heavy atom. The molecular weight excluding hydrogens is 449 g/mol. The summed E-state index contributed by atoms with van der Waals surface area (Å²) in [5.74, 6) is -0.482. The SMILES string of the molecule is COCCN(CC(=O)Nc1cc(C(C)(C)C)nn1-c1ccccc1C)C(=O)Nc1ccccc1F. The lowest BCUT2D eigenvalue weighted by Gasteiger charge is -2.22. The first-order chi connectivity index (χ1) is 16.6. The maximum atomic E-state index is 14.0. The topological polar surface area (TPSA) is 88.5 Å². The molecule has 8 nitrogen and oxygen atoms in total. The zero-order chi connectivity index (χ0) is 25.6. The molecule has 3 aromatic rings. The molecule has 0 fully saturated rings. The molecule has 0 aliphatic heterocycles. The van der Waals surface area contributed by atoms with Crippen LogP contribution < -0.4 is 10.6 Å². The number of anilines is 2. The monoisotopic (exact) mass is 481 g/mol. The molecule has 0 saturated carbocycles. The second kappa shape index (κ2) is 11.1. The Hall–Kier alpha value is -3.72. The standard InChI is InChI=1S/C26H32FN5O3/c1-18-10-6-9-13-21(18)32-23(16-22(30-32)26(2,3)4)29-24(33)17-31(14-15-35-5)25(34)28-20-12-8-7-11-19(20)27/h6-13,16H,14-15,17H2,1-5H3,(H,28,34)(H,29,33). The van der Waals surface area contributed by atoms with Gasteiger partial charge in [0.15, 0.2) is 0 Å². The van der Waals surface area contributed by atoms with Gasteiger partial charge in [-0.2, -0.15) is 5.10 Å². The minimum atomic E-state index is -0.606. The van der Waals surface area contributed by atoms with Crippen LogP contribution in [0.15, 0.2) is 54.6 Å². The Bertz CT molecular complexity index is 1190. The van der Waals surface area contributed by atoms with Gasteiger partial charge in [0.05, 0.1) is 23.7 Å². The molecule has 2 aromatic carbocycles. The highest BCUT2D eigenvalue weighted by Crippen LogP contribution is 2.27. The highest BCUT2D eigenvalue weighted by atomic mass is 19.1. The number of hydrogen-bond donors (Lipinski definition) is 2. The van der Waals surface area contributed by atoms with Crippen LogP contribution in [0.1, 0.15) is 32.0 Å². The number of amides is 3. The summed E-state index contributed by atoms with van der Waals surface area (Å²) in [5.41, 5.74) is 2.44. The molecule has 9 heteroatoms. The first-order valence-corrected chi connectivity index (χ1v) is 11.4. The molecule has 3 amide bonds. The molecule has 35 heavy (non-hydrogen) atoms. The van der Waals surface area contributed by atoms with E-state index in [0.717, 1.165) is 16.9 Å². The van der Waals surface area contributed by atoms with Crippen molar-refractivity contribution in [3.8, 4) is 5.69 Å². The Labute approximate surface area is 205 Å². The number of benzene rings is 2. The molecule has 0 spiro atoms. The van der Waals surface area contributed by atoms with Gasteiger partial charge in [-0.3, -0.25) is 4.79 Å². The number of hydrogen-bond acceptors (Lipinski definition) is 4. The molecule has 3 rings (SSSR count). The van der Waals surface area contributed by atoms with E-state index in [2.05, 4.69) is 10.6 Å². The number of nitrogens with zero attached hydrogens (tertiary/aromatic N) is 3. The Morgan fingerprint density at radius 3 is 2.43 bits per heavy atom. The van der Waals surface area contributed by atoms with E-state index in [1.807, 2.05) is 58.0 Å². The lowest BCUT2D eigenvalue weighted by molar-refractivity contribution is -0.116. The van der Waals surface area contributed by atoms with E-state index in [4.69, 9.17) is 9.84 Å². The number of rotatable bonds is 8. The number of halogens is 1. The third-order valence-electron chi connectivity index (χ3n) is 5.39. The molecule has 1 aromatic heterocycles. The molecule has 186 valence electrons. The zero-order valence-electron chi connectivity index (χ0n) is 20.8. The summed E-state index contributed by atoms with van der Waals surface area (Å²) in [7, 11) is 1.50. The fraction of sp³-hybridized carbons (Fsp3) is 0.346. The summed E-state index contributed by atoms with van der Waals surface area (Å²) in [4.78, 5) is 27.1. The van der Waals surface area contributed by atoms with Crippen LogP contribution in [0.3, 0.4) is 0 Å². The van der Waals surface area contributed by atoms with Gasteiger partial charge in [0.1, 0.15) is 18.2 Å². The summed E-state index contributed by atoms with van der Waals surface area (Å²) < 4.78 is 20.8. The smallest absolute Gasteiger partial charge is 0.322 e. The van der Waals surface area contributed by atoms with E-state index in [-0.39, 0.29) is 30.8 Å². The minimum Gasteiger partial charge on any atom is -0.383 e. The van der Waals surface area contributed by atoms with Crippen LogP contribution >= 0.6 is 0 Å². The predicted molar refractivity (Wildman–Crippen MR) is 134 cm³/mol. The average molecular weight is 482 g/mol. The van der Waals surface area contributed by atoms with Crippen molar-refractivity contribution in [3.63, 3.8) is 0 Å². The number of carbonyl (C=O) groups is 2. The van der Waals surface area contributed by atoms with Gasteiger partial charge in [0, 0.05) is 25.1 Å². The maximum absolute atomic E-state index is 14.0. The van der Waals surface area contributed by atoms with Crippen LogP contribution in [0.25, 0.3) is 5.69 Å². The van der Waals surface area contributed by atoms with Gasteiger partial charge in [0.25, 0.3) is 0 Å². The van der Waals surface area contributed by atoms with Crippen molar-refractivity contribution in [1.82, 2.24) is 14.7 Å². The largest absolute Gasteiger partial charge is 0.383 e. The van der Waals surface area contributed by atoms with Gasteiger partial charge in [-0.15, -0.1) is 0 Å². The number of urea groups is 1. The lowest BCUT2D eigenvalue weighted by atomic mass is 9.92. The molecule has 0 bridgehead atoms. The first-order valence-electron chi connectivity index (χ1n) is 11.4. The van der Waals surface area contributed by atoms with Gasteiger partial charge in [-0.05, 0) is 30.7 Å². The van der Waals surface area contributed by atoms with E-state index in [1.165, 1.54) is 30.2 Å². The number of ether oxygens (including phenoxy) is 1. The van der Waals surface area contributed by atoms with Gasteiger partial charge < -0.3 is 20.3 Å². The molecule has 0 saturated heterocycles. The molecular formula is C26H32FN5O3. The summed E-state index contributed by atoms with van der Waals surface area (Å²) in [6.45, 7) is 8.21. The molecule has 0 atom stereocenters. The van der Waals surface area contributed by atoms with Gasteiger partial charge in [0.2, 0.25) is 5.91 Å². The number of aryl methyl sites for hydroxylation is 1. The highest BCUT2D eigenvalue weighted by Gasteiger charge is 2.24. The molecule has 0 aliphatic rings. The highest BCUT2D eigenvalue weighted by molar-refractivity contribution is 5.96. The third-order valence-corrected chi connectivity index (χ3v) is 5.39. The Kier molecular flexibility index (Phi) is 8.24. The van der Waals surface area contributed by atoms with Crippen molar-refractivity contribution in [1.29, 1.82) is 0 Å². The fourth-order valence-corrected chi connectivity index (χ4v) is 3.39. The van der Waals surface area contributed by atoms with Crippen molar-refractivity contribution in [2.24, 2.45) is 0 Å². The van der Waals surface area contributed by atoms with E-state index in [0.29, 0.717) is 5.82 Å². The zero-order valence-corrected chi connectivity index (χ0v) is 20.8. The normalized spacial score (nSPS) is 11.3. The quantitative estimate of drug-likeness (QED) is 0.487. The Balaban J connectivity index is 1.82. The van der Waals surface area contributed by atoms with Crippen LogP contribution in [-0.4, -0.2) is 53.4 Å². The van der Waals surface area contributed by atoms with Gasteiger partial charge in [-0.1, -0.05) is 51.1 Å². The number of para-hydroxylation sites is 2. The van der Waals surface area contributed by atoms with E-state index in [1.54, 1.807) is 10.7 Å². The Morgan fingerprint density at radius 1 is 1.09 bits per heavy atom. The van der Waals surface area contributed by atoms with E-state index >= 15 is 0 Å².